The number of rotatable bonds is 5. The van der Waals surface area contributed by atoms with Crippen LogP contribution in [0.4, 0.5) is 0 Å². The Labute approximate surface area is 165 Å². The predicted molar refractivity (Wildman–Crippen MR) is 107 cm³/mol. The number of hydrogen-bond donors (Lipinski definition) is 2. The van der Waals surface area contributed by atoms with E-state index in [1.54, 1.807) is 13.2 Å². The van der Waals surface area contributed by atoms with Crippen molar-refractivity contribution >= 4 is 11.5 Å². The molecule has 2 aromatic rings. The fourth-order valence-electron chi connectivity index (χ4n) is 4.32. The van der Waals surface area contributed by atoms with Crippen LogP contribution in [0.15, 0.2) is 54.6 Å². The van der Waals surface area contributed by atoms with Gasteiger partial charge in [-0.25, -0.2) is 0 Å². The molecule has 0 amide bonds. The van der Waals surface area contributed by atoms with Gasteiger partial charge in [0, 0.05) is 5.56 Å². The van der Waals surface area contributed by atoms with Crippen LogP contribution < -0.4 is 10.1 Å². The van der Waals surface area contributed by atoms with E-state index in [1.165, 1.54) is 5.56 Å². The Bertz CT molecular complexity index is 893. The first kappa shape index (κ1) is 18.7. The van der Waals surface area contributed by atoms with Crippen molar-refractivity contribution < 1.29 is 19.4 Å². The fraction of sp³-hybridized carbons (Fsp3) is 0.348. The van der Waals surface area contributed by atoms with Gasteiger partial charge in [0.25, 0.3) is 0 Å². The van der Waals surface area contributed by atoms with Gasteiger partial charge in [0.05, 0.1) is 26.2 Å². The van der Waals surface area contributed by atoms with Crippen LogP contribution in [0, 0.1) is 0 Å². The number of carbonyl (C=O) groups is 1. The van der Waals surface area contributed by atoms with Gasteiger partial charge in [-0.1, -0.05) is 36.4 Å². The van der Waals surface area contributed by atoms with Gasteiger partial charge in [-0.15, -0.1) is 0 Å². The van der Waals surface area contributed by atoms with Crippen molar-refractivity contribution in [2.75, 3.05) is 20.3 Å². The Balaban J connectivity index is 1.72. The second-order valence-corrected chi connectivity index (χ2v) is 7.42. The molecule has 146 valence electrons. The van der Waals surface area contributed by atoms with Gasteiger partial charge in [0.1, 0.15) is 11.4 Å². The first-order valence-corrected chi connectivity index (χ1v) is 9.64. The lowest BCUT2D eigenvalue weighted by atomic mass is 9.81. The van der Waals surface area contributed by atoms with Gasteiger partial charge in [-0.05, 0) is 54.3 Å². The molecule has 2 aromatic carbocycles. The highest BCUT2D eigenvalue weighted by Gasteiger charge is 2.44. The number of nitrogens with one attached hydrogen (secondary N) is 1. The number of carboxylic acid groups (broad SMARTS) is 1. The van der Waals surface area contributed by atoms with Crippen molar-refractivity contribution in [3.8, 4) is 5.75 Å². The summed E-state index contributed by atoms with van der Waals surface area (Å²) in [5, 5.41) is 12.8. The molecule has 1 saturated heterocycles. The molecule has 2 heterocycles. The Hall–Kier alpha value is -2.63. The van der Waals surface area contributed by atoms with Crippen LogP contribution in [0.3, 0.4) is 0 Å². The van der Waals surface area contributed by atoms with E-state index < -0.39 is 11.6 Å². The number of aliphatic carboxylic acids is 1. The van der Waals surface area contributed by atoms with Gasteiger partial charge < -0.3 is 19.9 Å². The molecule has 1 fully saturated rings. The normalized spacial score (nSPS) is 24.2. The van der Waals surface area contributed by atoms with Gasteiger partial charge in [-0.3, -0.25) is 4.79 Å². The smallest absolute Gasteiger partial charge is 0.307 e. The molecular weight excluding hydrogens is 354 g/mol. The second-order valence-electron chi connectivity index (χ2n) is 7.42. The Kier molecular flexibility index (Phi) is 5.20. The zero-order valence-corrected chi connectivity index (χ0v) is 16.0. The molecule has 0 bridgehead atoms. The first-order chi connectivity index (χ1) is 13.6. The number of benzene rings is 2. The van der Waals surface area contributed by atoms with E-state index in [2.05, 4.69) is 35.7 Å². The van der Waals surface area contributed by atoms with Gasteiger partial charge in [0.2, 0.25) is 0 Å². The second kappa shape index (κ2) is 7.78. The summed E-state index contributed by atoms with van der Waals surface area (Å²) in [5.41, 5.74) is 3.53. The monoisotopic (exact) mass is 379 g/mol. The topological polar surface area (TPSA) is 67.8 Å². The SMILES string of the molecule is COc1ccc(CC(=O)O)cc1C1=CC2(CCCNC2c2ccccc2)OC1. The van der Waals surface area contributed by atoms with E-state index in [-0.39, 0.29) is 12.5 Å². The van der Waals surface area contributed by atoms with E-state index in [0.717, 1.165) is 41.8 Å². The lowest BCUT2D eigenvalue weighted by Crippen LogP contribution is -2.47. The van der Waals surface area contributed by atoms with Crippen molar-refractivity contribution in [2.45, 2.75) is 30.9 Å². The van der Waals surface area contributed by atoms with E-state index in [9.17, 15) is 4.79 Å². The lowest BCUT2D eigenvalue weighted by Gasteiger charge is -2.40. The van der Waals surface area contributed by atoms with Gasteiger partial charge in [-0.2, -0.15) is 0 Å². The van der Waals surface area contributed by atoms with Crippen molar-refractivity contribution in [3.63, 3.8) is 0 Å². The summed E-state index contributed by atoms with van der Waals surface area (Å²) in [4.78, 5) is 11.1. The molecule has 0 saturated carbocycles. The summed E-state index contributed by atoms with van der Waals surface area (Å²) < 4.78 is 12.0. The van der Waals surface area contributed by atoms with Crippen molar-refractivity contribution in [1.29, 1.82) is 0 Å². The third kappa shape index (κ3) is 3.55. The molecule has 2 unspecified atom stereocenters. The third-order valence-electron chi connectivity index (χ3n) is 5.59. The summed E-state index contributed by atoms with van der Waals surface area (Å²) in [6, 6.07) is 16.0. The number of piperidine rings is 1. The molecule has 2 aliphatic rings. The molecular formula is C23H25NO4. The molecule has 1 spiro atoms. The van der Waals surface area contributed by atoms with E-state index in [1.807, 2.05) is 18.2 Å². The largest absolute Gasteiger partial charge is 0.496 e. The molecule has 0 radical (unpaired) electrons. The molecule has 4 rings (SSSR count). The van der Waals surface area contributed by atoms with Crippen molar-refractivity contribution in [3.05, 3.63) is 71.3 Å². The van der Waals surface area contributed by atoms with Crippen molar-refractivity contribution in [2.24, 2.45) is 0 Å². The Morgan fingerprint density at radius 3 is 2.86 bits per heavy atom. The van der Waals surface area contributed by atoms with Gasteiger partial charge >= 0.3 is 5.97 Å². The summed E-state index contributed by atoms with van der Waals surface area (Å²) in [6.07, 6.45) is 4.20. The zero-order chi connectivity index (χ0) is 19.6. The maximum absolute atomic E-state index is 11.1. The summed E-state index contributed by atoms with van der Waals surface area (Å²) in [7, 11) is 1.64. The first-order valence-electron chi connectivity index (χ1n) is 9.64. The third-order valence-corrected chi connectivity index (χ3v) is 5.59. The minimum absolute atomic E-state index is 0.00945. The quantitative estimate of drug-likeness (QED) is 0.831. The van der Waals surface area contributed by atoms with Crippen LogP contribution in [-0.4, -0.2) is 36.9 Å². The number of carboxylic acids is 1. The average molecular weight is 379 g/mol. The minimum Gasteiger partial charge on any atom is -0.496 e. The molecule has 2 atom stereocenters. The highest BCUT2D eigenvalue weighted by atomic mass is 16.5. The van der Waals surface area contributed by atoms with E-state index in [0.29, 0.717) is 6.61 Å². The molecule has 5 nitrogen and oxygen atoms in total. The highest BCUT2D eigenvalue weighted by molar-refractivity contribution is 5.76. The van der Waals surface area contributed by atoms with Crippen LogP contribution in [0.2, 0.25) is 0 Å². The fourth-order valence-corrected chi connectivity index (χ4v) is 4.32. The number of methoxy groups -OCH3 is 1. The predicted octanol–water partition coefficient (Wildman–Crippen LogP) is 3.60. The molecule has 2 N–H and O–H groups in total. The summed E-state index contributed by atoms with van der Waals surface area (Å²) in [6.45, 7) is 1.45. The van der Waals surface area contributed by atoms with Crippen LogP contribution >= 0.6 is 0 Å². The lowest BCUT2D eigenvalue weighted by molar-refractivity contribution is -0.136. The summed E-state index contributed by atoms with van der Waals surface area (Å²) in [5.74, 6) is -0.106. The molecule has 28 heavy (non-hydrogen) atoms. The molecule has 0 aromatic heterocycles. The standard InChI is InChI=1S/C23H25NO4/c1-27-20-9-8-16(13-21(25)26)12-19(20)18-14-23(28-15-18)10-5-11-24-22(23)17-6-3-2-4-7-17/h2-4,6-9,12,14,22,24H,5,10-11,13,15H2,1H3,(H,25,26). The minimum atomic E-state index is -0.843. The maximum Gasteiger partial charge on any atom is 0.307 e. The molecule has 2 aliphatic heterocycles. The Morgan fingerprint density at radius 1 is 1.29 bits per heavy atom. The van der Waals surface area contributed by atoms with E-state index >= 15 is 0 Å². The van der Waals surface area contributed by atoms with Crippen LogP contribution in [0.1, 0.15) is 35.6 Å². The van der Waals surface area contributed by atoms with E-state index in [4.69, 9.17) is 14.6 Å². The van der Waals surface area contributed by atoms with Crippen molar-refractivity contribution in [1.82, 2.24) is 5.32 Å². The maximum atomic E-state index is 11.1. The summed E-state index contributed by atoms with van der Waals surface area (Å²) >= 11 is 0. The van der Waals surface area contributed by atoms with Crippen LogP contribution in [0.25, 0.3) is 5.57 Å². The number of hydrogen-bond acceptors (Lipinski definition) is 4. The molecule has 0 aliphatic carbocycles. The highest BCUT2D eigenvalue weighted by Crippen LogP contribution is 2.45. The van der Waals surface area contributed by atoms with Gasteiger partial charge in [0.15, 0.2) is 0 Å². The van der Waals surface area contributed by atoms with Crippen LogP contribution in [0.5, 0.6) is 5.75 Å². The van der Waals surface area contributed by atoms with Crippen LogP contribution in [-0.2, 0) is 16.0 Å². The zero-order valence-electron chi connectivity index (χ0n) is 16.0. The number of ether oxygens (including phenoxy) is 2. The Morgan fingerprint density at radius 2 is 2.11 bits per heavy atom. The average Bonchev–Trinajstić information content (AvgIpc) is 3.12. The molecule has 5 heteroatoms.